The van der Waals surface area contributed by atoms with Gasteiger partial charge < -0.3 is 14.6 Å². The van der Waals surface area contributed by atoms with Gasteiger partial charge in [-0.1, -0.05) is 31.9 Å². The maximum Gasteiger partial charge on any atom is 0.311 e. The molecule has 2 aliphatic heterocycles. The monoisotopic (exact) mass is 425 g/mol. The molecule has 0 bridgehead atoms. The summed E-state index contributed by atoms with van der Waals surface area (Å²) in [5, 5.41) is 10.1. The van der Waals surface area contributed by atoms with Crippen LogP contribution in [0.1, 0.15) is 63.6 Å². The van der Waals surface area contributed by atoms with Gasteiger partial charge in [0.05, 0.1) is 13.0 Å². The minimum atomic E-state index is -0.0980. The van der Waals surface area contributed by atoms with Crippen LogP contribution in [0.5, 0.6) is 11.5 Å². The average Bonchev–Trinajstić information content (AvgIpc) is 3.02. The molecule has 5 nitrogen and oxygen atoms in total. The molecule has 1 aromatic rings. The maximum absolute atomic E-state index is 13.0. The van der Waals surface area contributed by atoms with Gasteiger partial charge in [0, 0.05) is 25.0 Å². The summed E-state index contributed by atoms with van der Waals surface area (Å²) in [7, 11) is 1.58. The third-order valence-electron chi connectivity index (χ3n) is 8.62. The van der Waals surface area contributed by atoms with Gasteiger partial charge in [-0.25, -0.2) is 0 Å². The number of phenolic OH excluding ortho intramolecular Hbond substituents is 1. The fourth-order valence-corrected chi connectivity index (χ4v) is 6.81. The van der Waals surface area contributed by atoms with E-state index < -0.39 is 0 Å². The van der Waals surface area contributed by atoms with Gasteiger partial charge in [0.1, 0.15) is 6.10 Å². The summed E-state index contributed by atoms with van der Waals surface area (Å²) in [6.07, 6.45) is 8.05. The van der Waals surface area contributed by atoms with E-state index >= 15 is 0 Å². The quantitative estimate of drug-likeness (QED) is 0.565. The Morgan fingerprint density at radius 3 is 2.90 bits per heavy atom. The van der Waals surface area contributed by atoms with Gasteiger partial charge in [0.15, 0.2) is 11.5 Å². The maximum atomic E-state index is 13.0. The summed E-state index contributed by atoms with van der Waals surface area (Å²) in [6, 6.07) is 3.95. The highest BCUT2D eigenvalue weighted by molar-refractivity contribution is 5.76. The van der Waals surface area contributed by atoms with Crippen molar-refractivity contribution in [2.45, 2.75) is 65.0 Å². The van der Waals surface area contributed by atoms with Gasteiger partial charge >= 0.3 is 5.97 Å². The number of hydrogen-bond donors (Lipinski definition) is 1. The normalized spacial score (nSPS) is 37.4. The topological polar surface area (TPSA) is 59.0 Å². The molecule has 6 atom stereocenters. The van der Waals surface area contributed by atoms with Crippen molar-refractivity contribution in [1.29, 1.82) is 0 Å². The predicted molar refractivity (Wildman–Crippen MR) is 119 cm³/mol. The number of carbonyl (C=O) groups excluding carboxylic acids is 1. The Bertz CT molecular complexity index is 924. The van der Waals surface area contributed by atoms with Crippen molar-refractivity contribution in [2.75, 3.05) is 20.2 Å². The van der Waals surface area contributed by atoms with Gasteiger partial charge in [-0.05, 0) is 67.2 Å². The minimum absolute atomic E-state index is 0.0250. The molecule has 1 N–H and O–H groups in total. The van der Waals surface area contributed by atoms with E-state index in [4.69, 9.17) is 9.47 Å². The zero-order valence-corrected chi connectivity index (χ0v) is 19.2. The molecular weight excluding hydrogens is 390 g/mol. The van der Waals surface area contributed by atoms with Crippen LogP contribution in [0.4, 0.5) is 0 Å². The SMILES string of the molecule is COc1cc2c(cc1O)CCN(CC1C(=O)O[C@@H]3C[C@@]4(C)CCC[C@H](C)C4=C[C@H]13)[C@@H]2C. The summed E-state index contributed by atoms with van der Waals surface area (Å²) < 4.78 is 11.3. The van der Waals surface area contributed by atoms with E-state index in [-0.39, 0.29) is 41.1 Å². The van der Waals surface area contributed by atoms with Crippen LogP contribution in [-0.2, 0) is 16.0 Å². The molecule has 2 heterocycles. The first-order valence-electron chi connectivity index (χ1n) is 11.9. The second-order valence-electron chi connectivity index (χ2n) is 10.5. The fraction of sp³-hybridized carbons (Fsp3) is 0.654. The Morgan fingerprint density at radius 1 is 1.32 bits per heavy atom. The average molecular weight is 426 g/mol. The van der Waals surface area contributed by atoms with Crippen LogP contribution in [0.2, 0.25) is 0 Å². The summed E-state index contributed by atoms with van der Waals surface area (Å²) in [5.74, 6) is 1.39. The Hall–Kier alpha value is -2.01. The molecule has 1 aromatic carbocycles. The van der Waals surface area contributed by atoms with Crippen LogP contribution in [0.3, 0.4) is 0 Å². The highest BCUT2D eigenvalue weighted by Crippen LogP contribution is 2.54. The number of esters is 1. The number of benzene rings is 1. The van der Waals surface area contributed by atoms with Crippen molar-refractivity contribution in [1.82, 2.24) is 4.90 Å². The molecule has 168 valence electrons. The minimum Gasteiger partial charge on any atom is -0.504 e. The molecule has 0 amide bonds. The molecular formula is C26H35NO4. The molecule has 5 heteroatoms. The molecule has 2 fully saturated rings. The standard InChI is InChI=1S/C26H35NO4/c1-15-6-5-8-26(3)13-24-19(11-21(15)26)20(25(29)31-24)14-27-9-7-17-10-22(28)23(30-4)12-18(17)16(27)2/h10-12,15-16,19-20,24,28H,5-9,13-14H2,1-4H3/t15-,16+,19+,20?,24+,26+/m0/s1. The van der Waals surface area contributed by atoms with E-state index in [0.717, 1.165) is 25.9 Å². The molecule has 31 heavy (non-hydrogen) atoms. The van der Waals surface area contributed by atoms with Crippen LogP contribution in [-0.4, -0.2) is 42.3 Å². The lowest BCUT2D eigenvalue weighted by Gasteiger charge is -2.46. The smallest absolute Gasteiger partial charge is 0.311 e. The molecule has 1 saturated heterocycles. The van der Waals surface area contributed by atoms with Crippen molar-refractivity contribution in [3.05, 3.63) is 34.9 Å². The summed E-state index contributed by atoms with van der Waals surface area (Å²) in [5.41, 5.74) is 4.12. The van der Waals surface area contributed by atoms with E-state index in [2.05, 4.69) is 31.7 Å². The molecule has 0 spiro atoms. The summed E-state index contributed by atoms with van der Waals surface area (Å²) in [6.45, 7) is 8.51. The van der Waals surface area contributed by atoms with Crippen LogP contribution in [0.15, 0.2) is 23.8 Å². The van der Waals surface area contributed by atoms with Gasteiger partial charge in [0.25, 0.3) is 0 Å². The molecule has 0 aromatic heterocycles. The van der Waals surface area contributed by atoms with E-state index in [1.807, 2.05) is 12.1 Å². The van der Waals surface area contributed by atoms with Gasteiger partial charge in [-0.3, -0.25) is 9.69 Å². The lowest BCUT2D eigenvalue weighted by Crippen LogP contribution is -2.42. The number of phenols is 1. The van der Waals surface area contributed by atoms with Crippen molar-refractivity contribution < 1.29 is 19.4 Å². The Kier molecular flexibility index (Phi) is 5.08. The largest absolute Gasteiger partial charge is 0.504 e. The number of rotatable bonds is 3. The van der Waals surface area contributed by atoms with Gasteiger partial charge in [-0.2, -0.15) is 0 Å². The molecule has 2 aliphatic carbocycles. The van der Waals surface area contributed by atoms with Crippen LogP contribution >= 0.6 is 0 Å². The van der Waals surface area contributed by atoms with Crippen LogP contribution < -0.4 is 4.74 Å². The van der Waals surface area contributed by atoms with E-state index in [0.29, 0.717) is 11.7 Å². The zero-order chi connectivity index (χ0) is 21.9. The second-order valence-corrected chi connectivity index (χ2v) is 10.5. The molecule has 1 saturated carbocycles. The lowest BCUT2D eigenvalue weighted by atomic mass is 9.59. The van der Waals surface area contributed by atoms with Gasteiger partial charge in [0.2, 0.25) is 0 Å². The van der Waals surface area contributed by atoms with Gasteiger partial charge in [-0.15, -0.1) is 0 Å². The van der Waals surface area contributed by atoms with E-state index in [1.54, 1.807) is 12.7 Å². The molecule has 4 aliphatic rings. The lowest BCUT2D eigenvalue weighted by molar-refractivity contribution is -0.145. The number of carbonyl (C=O) groups is 1. The summed E-state index contributed by atoms with van der Waals surface area (Å²) in [4.78, 5) is 15.4. The predicted octanol–water partition coefficient (Wildman–Crippen LogP) is 4.63. The Balaban J connectivity index is 1.40. The number of nitrogens with zero attached hydrogens (tertiary/aromatic N) is 1. The van der Waals surface area contributed by atoms with Crippen molar-refractivity contribution in [3.8, 4) is 11.5 Å². The van der Waals surface area contributed by atoms with Crippen molar-refractivity contribution in [2.24, 2.45) is 23.2 Å². The third kappa shape index (κ3) is 3.36. The number of ether oxygens (including phenoxy) is 2. The Labute approximate surface area is 185 Å². The van der Waals surface area contributed by atoms with E-state index in [9.17, 15) is 9.90 Å². The second kappa shape index (κ2) is 7.54. The zero-order valence-electron chi connectivity index (χ0n) is 19.2. The van der Waals surface area contributed by atoms with Crippen molar-refractivity contribution in [3.63, 3.8) is 0 Å². The first kappa shape index (κ1) is 20.9. The molecule has 1 unspecified atom stereocenters. The fourth-order valence-electron chi connectivity index (χ4n) is 6.81. The molecule has 0 radical (unpaired) electrons. The summed E-state index contributed by atoms with van der Waals surface area (Å²) >= 11 is 0. The number of hydrogen-bond acceptors (Lipinski definition) is 5. The van der Waals surface area contributed by atoms with Crippen molar-refractivity contribution >= 4 is 5.97 Å². The third-order valence-corrected chi connectivity index (χ3v) is 8.62. The van der Waals surface area contributed by atoms with E-state index in [1.165, 1.54) is 30.4 Å². The number of aromatic hydroxyl groups is 1. The Morgan fingerprint density at radius 2 is 2.13 bits per heavy atom. The number of fused-ring (bicyclic) bond motifs is 3. The first-order chi connectivity index (χ1) is 14.8. The van der Waals surface area contributed by atoms with Crippen LogP contribution in [0.25, 0.3) is 0 Å². The molecule has 5 rings (SSSR count). The first-order valence-corrected chi connectivity index (χ1v) is 11.9. The highest BCUT2D eigenvalue weighted by Gasteiger charge is 2.52. The number of methoxy groups -OCH3 is 1. The van der Waals surface area contributed by atoms with Crippen LogP contribution in [0, 0.1) is 23.2 Å². The number of allylic oxidation sites excluding steroid dienone is 1. The highest BCUT2D eigenvalue weighted by atomic mass is 16.6.